The first-order valence-corrected chi connectivity index (χ1v) is 12.9. The van der Waals surface area contributed by atoms with E-state index in [1.165, 1.54) is 0 Å². The van der Waals surface area contributed by atoms with Crippen molar-refractivity contribution in [2.45, 2.75) is 52.3 Å². The Kier molecular flexibility index (Phi) is 12.0. The average Bonchev–Trinajstić information content (AvgIpc) is 2.75. The molecule has 0 spiro atoms. The van der Waals surface area contributed by atoms with Crippen LogP contribution in [0.5, 0.6) is 0 Å². The molecule has 2 rings (SSSR count). The second kappa shape index (κ2) is 13.7. The van der Waals surface area contributed by atoms with Gasteiger partial charge in [-0.05, 0) is 58.3 Å². The maximum absolute atomic E-state index is 12.9. The van der Waals surface area contributed by atoms with E-state index in [1.54, 1.807) is 42.3 Å². The van der Waals surface area contributed by atoms with Gasteiger partial charge in [-0.25, -0.2) is 9.78 Å². The molecule has 194 valence electrons. The molecule has 0 radical (unpaired) electrons. The molecular weight excluding hydrogens is 469 g/mol. The first kappa shape index (κ1) is 29.9. The molecule has 1 aliphatic heterocycles. The zero-order chi connectivity index (χ0) is 25.9. The molecular formula is C23H37F3N4O3S. The monoisotopic (exact) mass is 506 g/mol. The third kappa shape index (κ3) is 10.8. The average molecular weight is 507 g/mol. The van der Waals surface area contributed by atoms with Crippen LogP contribution in [0.2, 0.25) is 0 Å². The van der Waals surface area contributed by atoms with Gasteiger partial charge in [0, 0.05) is 44.8 Å². The van der Waals surface area contributed by atoms with E-state index in [4.69, 9.17) is 4.74 Å². The SMILES string of the molecule is CC(CCCNC(=O)OC(C)(C)C)C(=O)N1CCN(c2cc(C(F)(F)F)ccn2)CC1.CSC. The highest BCUT2D eigenvalue weighted by atomic mass is 32.2. The normalized spacial score (nSPS) is 15.2. The number of amides is 2. The number of carbonyl (C=O) groups is 2. The first-order chi connectivity index (χ1) is 15.8. The summed E-state index contributed by atoms with van der Waals surface area (Å²) in [6.45, 7) is 9.33. The quantitative estimate of drug-likeness (QED) is 0.566. The third-order valence-corrected chi connectivity index (χ3v) is 4.89. The van der Waals surface area contributed by atoms with Crippen LogP contribution < -0.4 is 10.2 Å². The maximum Gasteiger partial charge on any atom is 0.416 e. The number of hydrogen-bond acceptors (Lipinski definition) is 6. The lowest BCUT2D eigenvalue weighted by atomic mass is 10.0. The summed E-state index contributed by atoms with van der Waals surface area (Å²) in [5, 5.41) is 2.67. The Hall–Kier alpha value is -2.17. The predicted molar refractivity (Wildman–Crippen MR) is 130 cm³/mol. The van der Waals surface area contributed by atoms with E-state index in [-0.39, 0.29) is 17.6 Å². The second-order valence-electron chi connectivity index (χ2n) is 9.09. The summed E-state index contributed by atoms with van der Waals surface area (Å²) < 4.78 is 43.9. The number of alkyl carbamates (subject to hydrolysis) is 1. The molecule has 7 nitrogen and oxygen atoms in total. The summed E-state index contributed by atoms with van der Waals surface area (Å²) in [6.07, 6.45) is 1.60. The highest BCUT2D eigenvalue weighted by Gasteiger charge is 2.32. The molecule has 1 saturated heterocycles. The molecule has 2 heterocycles. The van der Waals surface area contributed by atoms with Crippen molar-refractivity contribution in [3.8, 4) is 0 Å². The van der Waals surface area contributed by atoms with Crippen LogP contribution in [-0.4, -0.2) is 72.7 Å². The predicted octanol–water partition coefficient (Wildman–Crippen LogP) is 4.67. The lowest BCUT2D eigenvalue weighted by Crippen LogP contribution is -2.50. The molecule has 1 unspecified atom stereocenters. The Morgan fingerprint density at radius 2 is 1.76 bits per heavy atom. The minimum atomic E-state index is -4.41. The van der Waals surface area contributed by atoms with Crippen molar-refractivity contribution in [3.05, 3.63) is 23.9 Å². The minimum Gasteiger partial charge on any atom is -0.444 e. The number of aromatic nitrogens is 1. The molecule has 0 aliphatic carbocycles. The molecule has 2 amide bonds. The topological polar surface area (TPSA) is 74.8 Å². The van der Waals surface area contributed by atoms with Crippen LogP contribution in [0, 0.1) is 5.92 Å². The Bertz CT molecular complexity index is 779. The van der Waals surface area contributed by atoms with E-state index >= 15 is 0 Å². The van der Waals surface area contributed by atoms with Crippen LogP contribution in [0.4, 0.5) is 23.8 Å². The largest absolute Gasteiger partial charge is 0.444 e. The van der Waals surface area contributed by atoms with E-state index in [0.717, 1.165) is 18.3 Å². The fourth-order valence-electron chi connectivity index (χ4n) is 3.27. The molecule has 1 N–H and O–H groups in total. The van der Waals surface area contributed by atoms with Crippen molar-refractivity contribution in [1.29, 1.82) is 0 Å². The number of rotatable bonds is 6. The van der Waals surface area contributed by atoms with Gasteiger partial charge in [-0.1, -0.05) is 6.92 Å². The molecule has 11 heteroatoms. The van der Waals surface area contributed by atoms with Crippen molar-refractivity contribution in [1.82, 2.24) is 15.2 Å². The summed E-state index contributed by atoms with van der Waals surface area (Å²) in [5.74, 6) is 0.0655. The number of nitrogens with one attached hydrogen (secondary N) is 1. The molecule has 1 aromatic rings. The Labute approximate surface area is 204 Å². The highest BCUT2D eigenvalue weighted by Crippen LogP contribution is 2.31. The van der Waals surface area contributed by atoms with E-state index in [9.17, 15) is 22.8 Å². The number of hydrogen-bond donors (Lipinski definition) is 1. The van der Waals surface area contributed by atoms with Crippen molar-refractivity contribution < 1.29 is 27.5 Å². The van der Waals surface area contributed by atoms with E-state index < -0.39 is 23.4 Å². The summed E-state index contributed by atoms with van der Waals surface area (Å²) >= 11 is 1.75. The maximum atomic E-state index is 12.9. The standard InChI is InChI=1S/C21H31F3N4O3.C2H6S/c1-15(6-5-8-26-19(30)31-20(2,3)4)18(29)28-12-10-27(11-13-28)17-14-16(7-9-25-17)21(22,23)24;1-3-2/h7,9,14-15H,5-6,8,10-13H2,1-4H3,(H,26,30);1-2H3. The summed E-state index contributed by atoms with van der Waals surface area (Å²) in [4.78, 5) is 31.8. The van der Waals surface area contributed by atoms with E-state index in [0.29, 0.717) is 45.6 Å². The molecule has 34 heavy (non-hydrogen) atoms. The van der Waals surface area contributed by atoms with Gasteiger partial charge in [0.15, 0.2) is 0 Å². The smallest absolute Gasteiger partial charge is 0.416 e. The van der Waals surface area contributed by atoms with Gasteiger partial charge in [0.25, 0.3) is 0 Å². The zero-order valence-corrected chi connectivity index (χ0v) is 21.7. The van der Waals surface area contributed by atoms with Gasteiger partial charge in [0.1, 0.15) is 11.4 Å². The molecule has 1 atom stereocenters. The molecule has 0 bridgehead atoms. The van der Waals surface area contributed by atoms with Crippen molar-refractivity contribution in [3.63, 3.8) is 0 Å². The number of halogens is 3. The lowest BCUT2D eigenvalue weighted by Gasteiger charge is -2.36. The Morgan fingerprint density at radius 3 is 2.29 bits per heavy atom. The summed E-state index contributed by atoms with van der Waals surface area (Å²) in [7, 11) is 0. The molecule has 1 aliphatic rings. The Balaban J connectivity index is 0.00000182. The van der Waals surface area contributed by atoms with Crippen LogP contribution in [0.25, 0.3) is 0 Å². The summed E-state index contributed by atoms with van der Waals surface area (Å²) in [5.41, 5.74) is -1.29. The van der Waals surface area contributed by atoms with Crippen LogP contribution in [0.3, 0.4) is 0 Å². The van der Waals surface area contributed by atoms with Gasteiger partial charge in [-0.2, -0.15) is 24.9 Å². The first-order valence-electron chi connectivity index (χ1n) is 11.2. The van der Waals surface area contributed by atoms with Crippen molar-refractivity contribution >= 4 is 29.6 Å². The molecule has 0 saturated carbocycles. The number of nitrogens with zero attached hydrogens (tertiary/aromatic N) is 3. The minimum absolute atomic E-state index is 0.00826. The lowest BCUT2D eigenvalue weighted by molar-refractivity contribution is -0.137. The van der Waals surface area contributed by atoms with Gasteiger partial charge >= 0.3 is 12.3 Å². The molecule has 1 fully saturated rings. The highest BCUT2D eigenvalue weighted by molar-refractivity contribution is 7.97. The van der Waals surface area contributed by atoms with Gasteiger partial charge < -0.3 is 19.9 Å². The number of alkyl halides is 3. The number of thioether (sulfide) groups is 1. The Morgan fingerprint density at radius 1 is 1.18 bits per heavy atom. The van der Waals surface area contributed by atoms with Gasteiger partial charge in [0.05, 0.1) is 5.56 Å². The number of ether oxygens (including phenoxy) is 1. The zero-order valence-electron chi connectivity index (χ0n) is 20.9. The van der Waals surface area contributed by atoms with Crippen molar-refractivity contribution in [2.75, 3.05) is 50.1 Å². The summed E-state index contributed by atoms with van der Waals surface area (Å²) in [6, 6.07) is 1.99. The van der Waals surface area contributed by atoms with E-state index in [1.807, 2.05) is 19.4 Å². The number of piperazine rings is 1. The van der Waals surface area contributed by atoms with Crippen LogP contribution in [-0.2, 0) is 15.7 Å². The van der Waals surface area contributed by atoms with E-state index in [2.05, 4.69) is 10.3 Å². The second-order valence-corrected chi connectivity index (χ2v) is 9.91. The van der Waals surface area contributed by atoms with Gasteiger partial charge in [-0.3, -0.25) is 4.79 Å². The fourth-order valence-corrected chi connectivity index (χ4v) is 3.27. The van der Waals surface area contributed by atoms with Crippen molar-refractivity contribution in [2.24, 2.45) is 5.92 Å². The van der Waals surface area contributed by atoms with Crippen LogP contribution in [0.15, 0.2) is 18.3 Å². The number of carbonyl (C=O) groups excluding carboxylic acids is 2. The molecule has 1 aromatic heterocycles. The fraction of sp³-hybridized carbons (Fsp3) is 0.696. The van der Waals surface area contributed by atoms with Crippen LogP contribution in [0.1, 0.15) is 46.1 Å². The third-order valence-electron chi connectivity index (χ3n) is 4.89. The number of pyridine rings is 1. The molecule has 0 aromatic carbocycles. The van der Waals surface area contributed by atoms with Gasteiger partial charge in [-0.15, -0.1) is 0 Å². The van der Waals surface area contributed by atoms with Gasteiger partial charge in [0.2, 0.25) is 5.91 Å². The number of anilines is 1. The van der Waals surface area contributed by atoms with Crippen LogP contribution >= 0.6 is 11.8 Å².